The number of benzene rings is 2. The quantitative estimate of drug-likeness (QED) is 0.652. The number of hydrogen-bond donors (Lipinski definition) is 0. The topological polar surface area (TPSA) is 29.5 Å². The van der Waals surface area contributed by atoms with E-state index < -0.39 is 0 Å². The Balaban J connectivity index is 1.51. The number of carbonyl (C=O) groups is 1. The van der Waals surface area contributed by atoms with E-state index in [1.807, 2.05) is 48.2 Å². The molecule has 1 amide bonds. The average Bonchev–Trinajstić information content (AvgIpc) is 2.68. The van der Waals surface area contributed by atoms with Crippen molar-refractivity contribution in [2.75, 3.05) is 0 Å². The second-order valence-electron chi connectivity index (χ2n) is 7.46. The smallest absolute Gasteiger partial charge is 0.410 e. The highest BCUT2D eigenvalue weighted by molar-refractivity contribution is 6.31. The molecule has 2 atom stereocenters. The van der Waals surface area contributed by atoms with Crippen LogP contribution in [-0.4, -0.2) is 23.1 Å². The molecule has 0 aliphatic carbocycles. The van der Waals surface area contributed by atoms with Gasteiger partial charge in [-0.2, -0.15) is 0 Å². The largest absolute Gasteiger partial charge is 0.445 e. The van der Waals surface area contributed by atoms with Crippen LogP contribution in [0.15, 0.2) is 54.6 Å². The van der Waals surface area contributed by atoms with E-state index >= 15 is 0 Å². The minimum absolute atomic E-state index is 0.107. The van der Waals surface area contributed by atoms with Crippen molar-refractivity contribution >= 4 is 23.3 Å². The molecule has 0 radical (unpaired) electrons. The third-order valence-corrected chi connectivity index (χ3v) is 6.00. The van der Waals surface area contributed by atoms with Gasteiger partial charge in [-0.3, -0.25) is 4.90 Å². The Morgan fingerprint density at radius 2 is 2.00 bits per heavy atom. The van der Waals surface area contributed by atoms with Crippen molar-refractivity contribution in [3.8, 4) is 0 Å². The number of nitrogens with zero attached hydrogens (tertiary/aromatic N) is 1. The van der Waals surface area contributed by atoms with E-state index in [1.165, 1.54) is 11.1 Å². The van der Waals surface area contributed by atoms with Crippen molar-refractivity contribution in [1.29, 1.82) is 0 Å². The van der Waals surface area contributed by atoms with Crippen LogP contribution in [0, 0.1) is 6.92 Å². The fourth-order valence-corrected chi connectivity index (χ4v) is 4.30. The van der Waals surface area contributed by atoms with Crippen molar-refractivity contribution in [2.45, 2.75) is 51.3 Å². The van der Waals surface area contributed by atoms with Gasteiger partial charge in [-0.1, -0.05) is 60.1 Å². The summed E-state index contributed by atoms with van der Waals surface area (Å²) in [6, 6.07) is 16.4. The van der Waals surface area contributed by atoms with Crippen LogP contribution in [0.5, 0.6) is 0 Å². The SMILES string of the molecule is Cc1ccc(C2=CC3CCCC(C2)N3C(=O)OCc2ccccc2)cc1Cl. The van der Waals surface area contributed by atoms with Gasteiger partial charge in [0.1, 0.15) is 6.61 Å². The predicted molar refractivity (Wildman–Crippen MR) is 109 cm³/mol. The summed E-state index contributed by atoms with van der Waals surface area (Å²) in [7, 11) is 0. The molecule has 140 valence electrons. The van der Waals surface area contributed by atoms with E-state index in [1.54, 1.807) is 0 Å². The molecule has 27 heavy (non-hydrogen) atoms. The number of amides is 1. The van der Waals surface area contributed by atoms with E-state index in [9.17, 15) is 4.79 Å². The minimum atomic E-state index is -0.203. The highest BCUT2D eigenvalue weighted by atomic mass is 35.5. The Morgan fingerprint density at radius 3 is 2.74 bits per heavy atom. The molecule has 0 spiro atoms. The first-order chi connectivity index (χ1) is 13.1. The van der Waals surface area contributed by atoms with Crippen LogP contribution in [0.4, 0.5) is 4.79 Å². The lowest BCUT2D eigenvalue weighted by atomic mass is 9.83. The molecule has 0 N–H and O–H groups in total. The summed E-state index contributed by atoms with van der Waals surface area (Å²) in [5, 5.41) is 0.795. The molecular formula is C23H24ClNO2. The van der Waals surface area contributed by atoms with Crippen molar-refractivity contribution in [3.63, 3.8) is 0 Å². The number of piperidine rings is 1. The maximum absolute atomic E-state index is 12.8. The van der Waals surface area contributed by atoms with Gasteiger partial charge in [0.05, 0.1) is 6.04 Å². The van der Waals surface area contributed by atoms with Crippen LogP contribution in [0.1, 0.15) is 42.4 Å². The maximum Gasteiger partial charge on any atom is 0.410 e. The molecule has 2 heterocycles. The van der Waals surface area contributed by atoms with E-state index in [0.717, 1.165) is 41.8 Å². The fraction of sp³-hybridized carbons (Fsp3) is 0.348. The van der Waals surface area contributed by atoms with E-state index in [-0.39, 0.29) is 18.2 Å². The minimum Gasteiger partial charge on any atom is -0.445 e. The molecule has 3 nitrogen and oxygen atoms in total. The zero-order valence-corrected chi connectivity index (χ0v) is 16.3. The highest BCUT2D eigenvalue weighted by Gasteiger charge is 2.38. The molecule has 0 aromatic heterocycles. The summed E-state index contributed by atoms with van der Waals surface area (Å²) in [5.74, 6) is 0. The molecular weight excluding hydrogens is 358 g/mol. The summed E-state index contributed by atoms with van der Waals surface area (Å²) in [6.07, 6.45) is 6.05. The highest BCUT2D eigenvalue weighted by Crippen LogP contribution is 2.38. The van der Waals surface area contributed by atoms with Crippen LogP contribution >= 0.6 is 11.6 Å². The van der Waals surface area contributed by atoms with Crippen LogP contribution in [0.3, 0.4) is 0 Å². The Morgan fingerprint density at radius 1 is 1.19 bits per heavy atom. The fourth-order valence-electron chi connectivity index (χ4n) is 4.11. The number of fused-ring (bicyclic) bond motifs is 2. The summed E-state index contributed by atoms with van der Waals surface area (Å²) >= 11 is 6.32. The molecule has 0 saturated carbocycles. The van der Waals surface area contributed by atoms with Gasteiger partial charge in [0.25, 0.3) is 0 Å². The maximum atomic E-state index is 12.8. The molecule has 2 unspecified atom stereocenters. The van der Waals surface area contributed by atoms with Crippen molar-refractivity contribution in [2.24, 2.45) is 0 Å². The molecule has 2 aromatic carbocycles. The zero-order chi connectivity index (χ0) is 18.8. The molecule has 2 aromatic rings. The van der Waals surface area contributed by atoms with Crippen molar-refractivity contribution < 1.29 is 9.53 Å². The number of aryl methyl sites for hydroxylation is 1. The van der Waals surface area contributed by atoms with Gasteiger partial charge in [0.15, 0.2) is 0 Å². The van der Waals surface area contributed by atoms with E-state index in [0.29, 0.717) is 6.61 Å². The van der Waals surface area contributed by atoms with E-state index in [2.05, 4.69) is 18.2 Å². The van der Waals surface area contributed by atoms with Crippen LogP contribution in [-0.2, 0) is 11.3 Å². The number of hydrogen-bond acceptors (Lipinski definition) is 2. The Bertz CT molecular complexity index is 862. The second kappa shape index (κ2) is 7.77. The monoisotopic (exact) mass is 381 g/mol. The van der Waals surface area contributed by atoms with Gasteiger partial charge in [0.2, 0.25) is 0 Å². The third kappa shape index (κ3) is 3.89. The van der Waals surface area contributed by atoms with Gasteiger partial charge in [-0.05, 0) is 60.9 Å². The Kier molecular flexibility index (Phi) is 5.22. The molecule has 2 aliphatic rings. The molecule has 2 bridgehead atoms. The van der Waals surface area contributed by atoms with Crippen molar-refractivity contribution in [1.82, 2.24) is 4.90 Å². The van der Waals surface area contributed by atoms with Gasteiger partial charge in [-0.15, -0.1) is 0 Å². The van der Waals surface area contributed by atoms with Crippen LogP contribution in [0.2, 0.25) is 5.02 Å². The summed E-state index contributed by atoms with van der Waals surface area (Å²) in [6.45, 7) is 2.33. The van der Waals surface area contributed by atoms with Gasteiger partial charge < -0.3 is 4.74 Å². The normalized spacial score (nSPS) is 21.6. The predicted octanol–water partition coefficient (Wildman–Crippen LogP) is 6.00. The molecule has 4 heteroatoms. The first-order valence-electron chi connectivity index (χ1n) is 9.58. The number of ether oxygens (including phenoxy) is 1. The molecule has 1 saturated heterocycles. The summed E-state index contributed by atoms with van der Waals surface area (Å²) in [4.78, 5) is 14.7. The van der Waals surface area contributed by atoms with Crippen molar-refractivity contribution in [3.05, 3.63) is 76.3 Å². The molecule has 1 fully saturated rings. The first kappa shape index (κ1) is 18.1. The Hall–Kier alpha value is -2.26. The summed E-state index contributed by atoms with van der Waals surface area (Å²) < 4.78 is 5.62. The lowest BCUT2D eigenvalue weighted by Gasteiger charge is -2.44. The second-order valence-corrected chi connectivity index (χ2v) is 7.87. The van der Waals surface area contributed by atoms with Gasteiger partial charge in [0, 0.05) is 11.1 Å². The van der Waals surface area contributed by atoms with Gasteiger partial charge >= 0.3 is 6.09 Å². The van der Waals surface area contributed by atoms with E-state index in [4.69, 9.17) is 16.3 Å². The average molecular weight is 382 g/mol. The third-order valence-electron chi connectivity index (χ3n) is 5.60. The Labute approximate surface area is 165 Å². The molecule has 4 rings (SSSR count). The van der Waals surface area contributed by atoms with Crippen LogP contribution in [0.25, 0.3) is 5.57 Å². The number of carbonyl (C=O) groups excluding carboxylic acids is 1. The van der Waals surface area contributed by atoms with Gasteiger partial charge in [-0.25, -0.2) is 4.79 Å². The number of halogens is 1. The standard InChI is InChI=1S/C23H24ClNO2/c1-16-10-11-18(14-22(16)24)19-12-20-8-5-9-21(13-19)25(20)23(26)27-15-17-6-3-2-4-7-17/h2-4,6-7,10-12,14,20-21H,5,8-9,13,15H2,1H3. The van der Waals surface area contributed by atoms with Crippen LogP contribution < -0.4 is 0 Å². The lowest BCUT2D eigenvalue weighted by molar-refractivity contribution is 0.0510. The first-order valence-corrected chi connectivity index (χ1v) is 9.96. The zero-order valence-electron chi connectivity index (χ0n) is 15.5. The number of rotatable bonds is 3. The summed E-state index contributed by atoms with van der Waals surface area (Å²) in [5.41, 5.74) is 4.56. The molecule has 2 aliphatic heterocycles. The lowest BCUT2D eigenvalue weighted by Crippen LogP contribution is -2.51.